The highest BCUT2D eigenvalue weighted by molar-refractivity contribution is 5.42. The van der Waals surface area contributed by atoms with Gasteiger partial charge in [0.2, 0.25) is 0 Å². The van der Waals surface area contributed by atoms with Crippen LogP contribution in [0.3, 0.4) is 0 Å². The van der Waals surface area contributed by atoms with Crippen LogP contribution in [0.1, 0.15) is 24.8 Å². The molecule has 0 aromatic carbocycles. The van der Waals surface area contributed by atoms with Crippen LogP contribution in [0, 0.1) is 11.8 Å². The number of fused-ring (bicyclic) bond motifs is 1. The van der Waals surface area contributed by atoms with Crippen LogP contribution in [-0.2, 0) is 6.54 Å². The first-order valence-corrected chi connectivity index (χ1v) is 6.27. The van der Waals surface area contributed by atoms with Crippen molar-refractivity contribution in [1.82, 2.24) is 4.98 Å². The number of hydrogen-bond donors (Lipinski definition) is 1. The van der Waals surface area contributed by atoms with Crippen LogP contribution < -0.4 is 10.6 Å². The van der Waals surface area contributed by atoms with Crippen LogP contribution in [0.15, 0.2) is 18.3 Å². The van der Waals surface area contributed by atoms with Crippen LogP contribution in [0.25, 0.3) is 0 Å². The molecule has 0 radical (unpaired) electrons. The molecule has 1 aliphatic heterocycles. The van der Waals surface area contributed by atoms with Crippen molar-refractivity contribution in [1.29, 1.82) is 0 Å². The van der Waals surface area contributed by atoms with Crippen molar-refractivity contribution in [3.05, 3.63) is 23.9 Å². The van der Waals surface area contributed by atoms with Gasteiger partial charge in [0.05, 0.1) is 0 Å². The van der Waals surface area contributed by atoms with Crippen LogP contribution in [-0.4, -0.2) is 18.1 Å². The maximum atomic E-state index is 5.66. The second-order valence-corrected chi connectivity index (χ2v) is 5.08. The average Bonchev–Trinajstić information content (AvgIpc) is 2.89. The molecule has 0 amide bonds. The van der Waals surface area contributed by atoms with Crippen LogP contribution in [0.2, 0.25) is 0 Å². The first-order valence-electron chi connectivity index (χ1n) is 6.27. The Bertz CT molecular complexity index is 365. The molecule has 3 nitrogen and oxygen atoms in total. The Morgan fingerprint density at radius 1 is 1.31 bits per heavy atom. The van der Waals surface area contributed by atoms with E-state index in [4.69, 9.17) is 5.73 Å². The van der Waals surface area contributed by atoms with Gasteiger partial charge in [0.15, 0.2) is 0 Å². The summed E-state index contributed by atoms with van der Waals surface area (Å²) in [6, 6.07) is 4.14. The number of pyridine rings is 1. The molecule has 1 aliphatic carbocycles. The topological polar surface area (TPSA) is 42.1 Å². The lowest BCUT2D eigenvalue weighted by atomic mass is 10.0. The van der Waals surface area contributed by atoms with E-state index in [0.717, 1.165) is 17.7 Å². The van der Waals surface area contributed by atoms with Gasteiger partial charge in [-0.05, 0) is 42.4 Å². The second-order valence-electron chi connectivity index (χ2n) is 5.08. The Balaban J connectivity index is 1.78. The van der Waals surface area contributed by atoms with Crippen molar-refractivity contribution >= 4 is 5.82 Å². The average molecular weight is 217 g/mol. The molecular weight excluding hydrogens is 198 g/mol. The van der Waals surface area contributed by atoms with E-state index < -0.39 is 0 Å². The first-order chi connectivity index (χ1) is 7.86. The summed E-state index contributed by atoms with van der Waals surface area (Å²) >= 11 is 0. The molecule has 3 rings (SSSR count). The highest BCUT2D eigenvalue weighted by Gasteiger charge is 2.36. The molecule has 86 valence electrons. The predicted molar refractivity (Wildman–Crippen MR) is 65.2 cm³/mol. The molecule has 1 saturated heterocycles. The van der Waals surface area contributed by atoms with Crippen molar-refractivity contribution in [2.75, 3.05) is 18.0 Å². The minimum Gasteiger partial charge on any atom is -0.356 e. The van der Waals surface area contributed by atoms with E-state index in [1.807, 2.05) is 12.3 Å². The third kappa shape index (κ3) is 1.69. The summed E-state index contributed by atoms with van der Waals surface area (Å²) in [7, 11) is 0. The van der Waals surface area contributed by atoms with Crippen LogP contribution in [0.4, 0.5) is 5.82 Å². The van der Waals surface area contributed by atoms with Gasteiger partial charge in [-0.3, -0.25) is 0 Å². The van der Waals surface area contributed by atoms with Gasteiger partial charge in [-0.1, -0.05) is 6.42 Å². The molecule has 1 aromatic heterocycles. The fraction of sp³-hybridized carbons (Fsp3) is 0.615. The molecule has 2 atom stereocenters. The minimum atomic E-state index is 0.607. The summed E-state index contributed by atoms with van der Waals surface area (Å²) in [4.78, 5) is 6.91. The SMILES string of the molecule is NCc1ccnc(N2CC3CCCC3C2)c1. The zero-order valence-electron chi connectivity index (χ0n) is 9.60. The van der Waals surface area contributed by atoms with Crippen molar-refractivity contribution in [3.63, 3.8) is 0 Å². The zero-order chi connectivity index (χ0) is 11.0. The number of rotatable bonds is 2. The van der Waals surface area contributed by atoms with E-state index in [-0.39, 0.29) is 0 Å². The fourth-order valence-corrected chi connectivity index (χ4v) is 3.18. The first kappa shape index (κ1) is 10.1. The molecule has 2 unspecified atom stereocenters. The van der Waals surface area contributed by atoms with Gasteiger partial charge < -0.3 is 10.6 Å². The molecule has 2 fully saturated rings. The van der Waals surface area contributed by atoms with E-state index in [1.165, 1.54) is 37.9 Å². The molecule has 2 aliphatic rings. The molecule has 1 saturated carbocycles. The highest BCUT2D eigenvalue weighted by atomic mass is 15.2. The Morgan fingerprint density at radius 3 is 2.75 bits per heavy atom. The monoisotopic (exact) mass is 217 g/mol. The summed E-state index contributed by atoms with van der Waals surface area (Å²) in [5.74, 6) is 2.96. The maximum Gasteiger partial charge on any atom is 0.128 e. The van der Waals surface area contributed by atoms with Crippen LogP contribution >= 0.6 is 0 Å². The molecule has 0 bridgehead atoms. The van der Waals surface area contributed by atoms with Crippen LogP contribution in [0.5, 0.6) is 0 Å². The molecule has 2 heterocycles. The summed E-state index contributed by atoms with van der Waals surface area (Å²) in [6.45, 7) is 3.01. The number of aromatic nitrogens is 1. The van der Waals surface area contributed by atoms with E-state index in [0.29, 0.717) is 6.54 Å². The van der Waals surface area contributed by atoms with Gasteiger partial charge in [-0.2, -0.15) is 0 Å². The van der Waals surface area contributed by atoms with E-state index in [1.54, 1.807) is 0 Å². The van der Waals surface area contributed by atoms with Gasteiger partial charge >= 0.3 is 0 Å². The van der Waals surface area contributed by atoms with Gasteiger partial charge in [-0.15, -0.1) is 0 Å². The quantitative estimate of drug-likeness (QED) is 0.821. The third-order valence-electron chi connectivity index (χ3n) is 4.10. The Kier molecular flexibility index (Phi) is 2.56. The largest absolute Gasteiger partial charge is 0.356 e. The lowest BCUT2D eigenvalue weighted by Crippen LogP contribution is -2.22. The Labute approximate surface area is 96.7 Å². The minimum absolute atomic E-state index is 0.607. The van der Waals surface area contributed by atoms with Crippen molar-refractivity contribution in [2.24, 2.45) is 17.6 Å². The fourth-order valence-electron chi connectivity index (χ4n) is 3.18. The second kappa shape index (κ2) is 4.06. The van der Waals surface area contributed by atoms with Gasteiger partial charge in [0, 0.05) is 25.8 Å². The Hall–Kier alpha value is -1.09. The van der Waals surface area contributed by atoms with E-state index in [9.17, 15) is 0 Å². The van der Waals surface area contributed by atoms with Gasteiger partial charge in [-0.25, -0.2) is 4.98 Å². The standard InChI is InChI=1S/C13H19N3/c14-7-10-4-5-15-13(6-10)16-8-11-2-1-3-12(11)9-16/h4-6,11-12H,1-3,7-9,14H2. The number of hydrogen-bond acceptors (Lipinski definition) is 3. The van der Waals surface area contributed by atoms with E-state index in [2.05, 4.69) is 16.0 Å². The molecule has 2 N–H and O–H groups in total. The summed E-state index contributed by atoms with van der Waals surface area (Å²) in [5.41, 5.74) is 6.85. The molecule has 3 heteroatoms. The number of anilines is 1. The van der Waals surface area contributed by atoms with Gasteiger partial charge in [0.1, 0.15) is 5.82 Å². The Morgan fingerprint density at radius 2 is 2.06 bits per heavy atom. The maximum absolute atomic E-state index is 5.66. The lowest BCUT2D eigenvalue weighted by Gasteiger charge is -2.18. The van der Waals surface area contributed by atoms with Gasteiger partial charge in [0.25, 0.3) is 0 Å². The third-order valence-corrected chi connectivity index (χ3v) is 4.10. The smallest absolute Gasteiger partial charge is 0.128 e. The van der Waals surface area contributed by atoms with E-state index >= 15 is 0 Å². The molecule has 0 spiro atoms. The molecule has 16 heavy (non-hydrogen) atoms. The zero-order valence-corrected chi connectivity index (χ0v) is 9.60. The number of nitrogens with two attached hydrogens (primary N) is 1. The normalized spacial score (nSPS) is 28.4. The van der Waals surface area contributed by atoms with Crippen molar-refractivity contribution < 1.29 is 0 Å². The lowest BCUT2D eigenvalue weighted by molar-refractivity contribution is 0.494. The van der Waals surface area contributed by atoms with Crippen molar-refractivity contribution in [3.8, 4) is 0 Å². The molecular formula is C13H19N3. The summed E-state index contributed by atoms with van der Waals surface area (Å²) in [5, 5.41) is 0. The highest BCUT2D eigenvalue weighted by Crippen LogP contribution is 2.39. The van der Waals surface area contributed by atoms with Crippen molar-refractivity contribution in [2.45, 2.75) is 25.8 Å². The predicted octanol–water partition coefficient (Wildman–Crippen LogP) is 1.78. The number of nitrogens with zero attached hydrogens (tertiary/aromatic N) is 2. The summed E-state index contributed by atoms with van der Waals surface area (Å²) in [6.07, 6.45) is 6.14. The summed E-state index contributed by atoms with van der Waals surface area (Å²) < 4.78 is 0. The molecule has 1 aromatic rings.